The van der Waals surface area contributed by atoms with Gasteiger partial charge in [0, 0.05) is 23.9 Å². The zero-order chi connectivity index (χ0) is 16.8. The van der Waals surface area contributed by atoms with Crippen LogP contribution in [-0.2, 0) is 4.74 Å². The van der Waals surface area contributed by atoms with E-state index >= 15 is 0 Å². The highest BCUT2D eigenvalue weighted by Gasteiger charge is 2.13. The molecule has 0 aromatic heterocycles. The first-order valence-electron chi connectivity index (χ1n) is 6.69. The largest absolute Gasteiger partial charge is 0.488 e. The van der Waals surface area contributed by atoms with Crippen LogP contribution in [-0.4, -0.2) is 26.2 Å². The van der Waals surface area contributed by atoms with Gasteiger partial charge in [-0.3, -0.25) is 4.79 Å². The number of nitrogens with one attached hydrogen (secondary N) is 1. The highest BCUT2D eigenvalue weighted by atomic mass is 35.5. The van der Waals surface area contributed by atoms with Crippen molar-refractivity contribution in [3.8, 4) is 5.75 Å². The molecule has 0 unspecified atom stereocenters. The van der Waals surface area contributed by atoms with E-state index in [0.29, 0.717) is 6.61 Å². The lowest BCUT2D eigenvalue weighted by Crippen LogP contribution is -2.14. The Bertz CT molecular complexity index is 710. The van der Waals surface area contributed by atoms with E-state index in [0.717, 1.165) is 12.1 Å². The summed E-state index contributed by atoms with van der Waals surface area (Å²) in [4.78, 5) is 12.0. The number of benzene rings is 2. The monoisotopic (exact) mass is 341 g/mol. The predicted molar refractivity (Wildman–Crippen MR) is 83.1 cm³/mol. The fourth-order valence-corrected chi connectivity index (χ4v) is 1.97. The predicted octanol–water partition coefficient (Wildman–Crippen LogP) is 3.90. The number of carbonyl (C=O) groups is 1. The molecule has 122 valence electrons. The Kier molecular flexibility index (Phi) is 5.90. The van der Waals surface area contributed by atoms with Crippen molar-refractivity contribution in [3.05, 3.63) is 58.6 Å². The van der Waals surface area contributed by atoms with Crippen molar-refractivity contribution < 1.29 is 23.0 Å². The summed E-state index contributed by atoms with van der Waals surface area (Å²) in [6.45, 7) is 0.527. The normalized spacial score (nSPS) is 10.4. The molecule has 1 amide bonds. The number of halogens is 3. The minimum Gasteiger partial charge on any atom is -0.488 e. The molecule has 0 aliphatic carbocycles. The maximum Gasteiger partial charge on any atom is 0.258 e. The Balaban J connectivity index is 2.09. The van der Waals surface area contributed by atoms with Crippen molar-refractivity contribution in [1.82, 2.24) is 0 Å². The molecule has 0 bridgehead atoms. The van der Waals surface area contributed by atoms with E-state index in [2.05, 4.69) is 5.32 Å². The summed E-state index contributed by atoms with van der Waals surface area (Å²) >= 11 is 5.74. The van der Waals surface area contributed by atoms with E-state index in [4.69, 9.17) is 21.1 Å². The summed E-state index contributed by atoms with van der Waals surface area (Å²) in [6, 6.07) is 7.53. The second-order valence-electron chi connectivity index (χ2n) is 4.56. The average molecular weight is 342 g/mol. The summed E-state index contributed by atoms with van der Waals surface area (Å²) in [6.07, 6.45) is 0. The van der Waals surface area contributed by atoms with Gasteiger partial charge in [0.05, 0.1) is 12.2 Å². The van der Waals surface area contributed by atoms with Crippen LogP contribution in [0.5, 0.6) is 5.75 Å². The zero-order valence-corrected chi connectivity index (χ0v) is 13.0. The minimum absolute atomic E-state index is 0.0361. The minimum atomic E-state index is -0.725. The third-order valence-electron chi connectivity index (χ3n) is 2.91. The molecule has 0 aliphatic heterocycles. The molecule has 2 rings (SSSR count). The van der Waals surface area contributed by atoms with Crippen molar-refractivity contribution in [2.24, 2.45) is 0 Å². The van der Waals surface area contributed by atoms with Gasteiger partial charge < -0.3 is 14.8 Å². The molecule has 0 heterocycles. The summed E-state index contributed by atoms with van der Waals surface area (Å²) < 4.78 is 37.4. The van der Waals surface area contributed by atoms with Crippen molar-refractivity contribution >= 4 is 23.2 Å². The Labute approximate surface area is 137 Å². The van der Waals surface area contributed by atoms with Crippen LogP contribution in [0.4, 0.5) is 14.5 Å². The van der Waals surface area contributed by atoms with E-state index in [9.17, 15) is 13.6 Å². The van der Waals surface area contributed by atoms with Crippen LogP contribution in [0.15, 0.2) is 36.4 Å². The summed E-state index contributed by atoms with van der Waals surface area (Å²) in [5, 5.41) is 2.63. The second-order valence-corrected chi connectivity index (χ2v) is 5.00. The molecule has 2 aromatic rings. The average Bonchev–Trinajstić information content (AvgIpc) is 2.52. The van der Waals surface area contributed by atoms with Gasteiger partial charge in [-0.2, -0.15) is 0 Å². The molecule has 0 spiro atoms. The first-order chi connectivity index (χ1) is 11.0. The molecule has 7 heteroatoms. The quantitative estimate of drug-likeness (QED) is 0.811. The molecule has 4 nitrogen and oxygen atoms in total. The lowest BCUT2D eigenvalue weighted by Gasteiger charge is -2.10. The van der Waals surface area contributed by atoms with Crippen molar-refractivity contribution in [2.75, 3.05) is 25.6 Å². The van der Waals surface area contributed by atoms with Crippen LogP contribution in [0, 0.1) is 11.6 Å². The number of amides is 1. The van der Waals surface area contributed by atoms with Crippen LogP contribution in [0.3, 0.4) is 0 Å². The van der Waals surface area contributed by atoms with Gasteiger partial charge in [-0.25, -0.2) is 8.78 Å². The Morgan fingerprint density at radius 1 is 1.13 bits per heavy atom. The fourth-order valence-electron chi connectivity index (χ4n) is 1.80. The Hall–Kier alpha value is -2.18. The van der Waals surface area contributed by atoms with Crippen LogP contribution in [0.2, 0.25) is 5.02 Å². The number of hydrogen-bond donors (Lipinski definition) is 1. The molecule has 1 N–H and O–H groups in total. The topological polar surface area (TPSA) is 47.6 Å². The SMILES string of the molecule is COCCOc1ccc(NC(=O)c2cc(Cl)ccc2F)cc1F. The van der Waals surface area contributed by atoms with Crippen LogP contribution >= 0.6 is 11.6 Å². The number of rotatable bonds is 6. The molecule has 23 heavy (non-hydrogen) atoms. The first-order valence-corrected chi connectivity index (χ1v) is 7.06. The van der Waals surface area contributed by atoms with Gasteiger partial charge in [0.1, 0.15) is 12.4 Å². The van der Waals surface area contributed by atoms with Crippen molar-refractivity contribution in [2.45, 2.75) is 0 Å². The molecule has 0 radical (unpaired) electrons. The van der Waals surface area contributed by atoms with Gasteiger partial charge in [0.25, 0.3) is 5.91 Å². The molecule has 0 saturated heterocycles. The zero-order valence-electron chi connectivity index (χ0n) is 12.2. The van der Waals surface area contributed by atoms with Crippen LogP contribution in [0.25, 0.3) is 0 Å². The fraction of sp³-hybridized carbons (Fsp3) is 0.188. The first kappa shape index (κ1) is 17.2. The lowest BCUT2D eigenvalue weighted by molar-refractivity contribution is 0.102. The smallest absolute Gasteiger partial charge is 0.258 e. The third-order valence-corrected chi connectivity index (χ3v) is 3.14. The van der Waals surface area contributed by atoms with Crippen LogP contribution < -0.4 is 10.1 Å². The van der Waals surface area contributed by atoms with E-state index in [1.807, 2.05) is 0 Å². The molecular formula is C16H14ClF2NO3. The molecule has 0 aliphatic rings. The molecule has 0 atom stereocenters. The van der Waals surface area contributed by atoms with Gasteiger partial charge >= 0.3 is 0 Å². The van der Waals surface area contributed by atoms with Gasteiger partial charge in [-0.05, 0) is 30.3 Å². The Morgan fingerprint density at radius 3 is 2.61 bits per heavy atom. The standard InChI is InChI=1S/C16H14ClF2NO3/c1-22-6-7-23-15-5-3-11(9-14(15)19)20-16(21)12-8-10(17)2-4-13(12)18/h2-5,8-9H,6-7H2,1H3,(H,20,21). The molecule has 0 fully saturated rings. The van der Waals surface area contributed by atoms with Gasteiger partial charge in [-0.1, -0.05) is 11.6 Å². The molecular weight excluding hydrogens is 328 g/mol. The molecule has 2 aromatic carbocycles. The number of methoxy groups -OCH3 is 1. The van der Waals surface area contributed by atoms with E-state index < -0.39 is 17.5 Å². The van der Waals surface area contributed by atoms with Gasteiger partial charge in [0.2, 0.25) is 0 Å². The van der Waals surface area contributed by atoms with Crippen LogP contribution in [0.1, 0.15) is 10.4 Å². The van der Waals surface area contributed by atoms with Crippen molar-refractivity contribution in [3.63, 3.8) is 0 Å². The highest BCUT2D eigenvalue weighted by molar-refractivity contribution is 6.31. The summed E-state index contributed by atoms with van der Waals surface area (Å²) in [5.74, 6) is -2.05. The van der Waals surface area contributed by atoms with E-state index in [1.54, 1.807) is 0 Å². The molecule has 0 saturated carbocycles. The Morgan fingerprint density at radius 2 is 1.91 bits per heavy atom. The van der Waals surface area contributed by atoms with E-state index in [1.165, 1.54) is 31.4 Å². The number of carbonyl (C=O) groups excluding carboxylic acids is 1. The number of hydrogen-bond acceptors (Lipinski definition) is 3. The van der Waals surface area contributed by atoms with Gasteiger partial charge in [-0.15, -0.1) is 0 Å². The number of ether oxygens (including phenoxy) is 2. The summed E-state index contributed by atoms with van der Waals surface area (Å²) in [5.41, 5.74) is -0.0516. The third kappa shape index (κ3) is 4.64. The highest BCUT2D eigenvalue weighted by Crippen LogP contribution is 2.22. The second kappa shape index (κ2) is 7.89. The lowest BCUT2D eigenvalue weighted by atomic mass is 10.2. The number of anilines is 1. The van der Waals surface area contributed by atoms with E-state index in [-0.39, 0.29) is 28.6 Å². The van der Waals surface area contributed by atoms with Gasteiger partial charge in [0.15, 0.2) is 11.6 Å². The summed E-state index contributed by atoms with van der Waals surface area (Å²) in [7, 11) is 1.51. The van der Waals surface area contributed by atoms with Crippen molar-refractivity contribution in [1.29, 1.82) is 0 Å². The maximum absolute atomic E-state index is 13.9. The maximum atomic E-state index is 13.9.